The van der Waals surface area contributed by atoms with E-state index >= 15 is 0 Å². The molecule has 7 heterocycles. The number of rotatable bonds is 0. The van der Waals surface area contributed by atoms with Gasteiger partial charge in [-0.15, -0.1) is 0 Å². The summed E-state index contributed by atoms with van der Waals surface area (Å²) in [7, 11) is 0. The average molecular weight is 502 g/mol. The summed E-state index contributed by atoms with van der Waals surface area (Å²) in [5.74, 6) is 2.87. The number of benzene rings is 4. The zero-order valence-corrected chi connectivity index (χ0v) is 20.9. The van der Waals surface area contributed by atoms with E-state index in [0.29, 0.717) is 0 Å². The minimum atomic E-state index is -0.736. The number of fused-ring (bicyclic) bond motifs is 8. The van der Waals surface area contributed by atoms with Gasteiger partial charge in [0.15, 0.2) is 16.6 Å². The lowest BCUT2D eigenvalue weighted by molar-refractivity contribution is -1.02. The van der Waals surface area contributed by atoms with E-state index < -0.39 is 5.66 Å². The van der Waals surface area contributed by atoms with Crippen LogP contribution in [0.3, 0.4) is 0 Å². The highest BCUT2D eigenvalue weighted by atomic mass is 16.5. The lowest BCUT2D eigenvalue weighted by Gasteiger charge is -2.31. The number of aryl methyl sites for hydroxylation is 1. The van der Waals surface area contributed by atoms with E-state index in [1.165, 1.54) is 38.0 Å². The van der Waals surface area contributed by atoms with Crippen molar-refractivity contribution in [2.45, 2.75) is 12.6 Å². The first-order valence-electron chi connectivity index (χ1n) is 13.3. The van der Waals surface area contributed by atoms with Crippen molar-refractivity contribution in [3.8, 4) is 17.3 Å². The number of aromatic nitrogens is 5. The molecule has 0 fully saturated rings. The smallest absolute Gasteiger partial charge is 0.423 e. The van der Waals surface area contributed by atoms with Gasteiger partial charge in [-0.25, -0.2) is 0 Å². The summed E-state index contributed by atoms with van der Waals surface area (Å²) in [5.41, 5.74) is 7.25. The number of para-hydroxylation sites is 1. The van der Waals surface area contributed by atoms with Crippen LogP contribution in [0, 0.1) is 6.92 Å². The molecule has 11 rings (SSSR count). The molecule has 0 saturated heterocycles. The normalized spacial score (nSPS) is 17.7. The zero-order valence-electron chi connectivity index (χ0n) is 20.9. The third-order valence-corrected chi connectivity index (χ3v) is 9.23. The predicted octanol–water partition coefficient (Wildman–Crippen LogP) is 5.65. The van der Waals surface area contributed by atoms with Gasteiger partial charge in [0.25, 0.3) is 5.82 Å². The molecule has 4 aromatic carbocycles. The molecule has 0 N–H and O–H groups in total. The summed E-state index contributed by atoms with van der Waals surface area (Å²) in [6.07, 6.45) is 2.21. The van der Waals surface area contributed by atoms with E-state index in [1.54, 1.807) is 0 Å². The van der Waals surface area contributed by atoms with E-state index in [4.69, 9.17) is 9.84 Å². The van der Waals surface area contributed by atoms with Gasteiger partial charge in [0, 0.05) is 32.7 Å². The Kier molecular flexibility index (Phi) is 2.80. The van der Waals surface area contributed by atoms with Crippen LogP contribution in [0.15, 0.2) is 97.2 Å². The zero-order chi connectivity index (χ0) is 25.2. The van der Waals surface area contributed by atoms with E-state index in [-0.39, 0.29) is 0 Å². The molecule has 1 atom stereocenters. The number of nitrogens with zero attached hydrogens (tertiary/aromatic N) is 5. The Labute approximate surface area is 221 Å². The molecule has 0 bridgehead atoms. The van der Waals surface area contributed by atoms with Crippen LogP contribution in [-0.2, 0) is 5.66 Å². The van der Waals surface area contributed by atoms with Crippen LogP contribution < -0.4 is 14.1 Å². The van der Waals surface area contributed by atoms with E-state index in [2.05, 4.69) is 123 Å². The number of hydrogen-bond acceptors (Lipinski definition) is 2. The van der Waals surface area contributed by atoms with Gasteiger partial charge in [-0.05, 0) is 54.8 Å². The maximum atomic E-state index is 6.80. The second-order valence-corrected chi connectivity index (χ2v) is 10.9. The summed E-state index contributed by atoms with van der Waals surface area (Å²) < 4.78 is 14.0. The summed E-state index contributed by atoms with van der Waals surface area (Å²) in [6.45, 7) is 2.13. The molecule has 1 unspecified atom stereocenters. The van der Waals surface area contributed by atoms with Crippen molar-refractivity contribution in [1.29, 1.82) is 0 Å². The molecule has 0 amide bonds. The monoisotopic (exact) mass is 501 g/mol. The second kappa shape index (κ2) is 5.76. The highest BCUT2D eigenvalue weighted by Crippen LogP contribution is 2.55. The molecule has 0 radical (unpaired) electrons. The first-order valence-corrected chi connectivity index (χ1v) is 13.3. The highest BCUT2D eigenvalue weighted by molar-refractivity contribution is 6.15. The lowest BCUT2D eigenvalue weighted by atomic mass is 9.84. The van der Waals surface area contributed by atoms with Crippen LogP contribution in [0.4, 0.5) is 0 Å². The highest BCUT2D eigenvalue weighted by Gasteiger charge is 2.69. The molecule has 1 spiro atoms. The molecule has 0 aliphatic carbocycles. The summed E-state index contributed by atoms with van der Waals surface area (Å²) >= 11 is 0. The summed E-state index contributed by atoms with van der Waals surface area (Å²) in [5, 5.41) is 11.5. The number of hydrogen-bond donors (Lipinski definition) is 0. The molecular formula is C33H19N5O+2. The van der Waals surface area contributed by atoms with Gasteiger partial charge in [0.05, 0.1) is 11.0 Å². The largest absolute Gasteiger partial charge is 0.456 e. The van der Waals surface area contributed by atoms with Gasteiger partial charge >= 0.3 is 5.66 Å². The van der Waals surface area contributed by atoms with Crippen LogP contribution in [0.25, 0.3) is 54.8 Å². The average Bonchev–Trinajstić information content (AvgIpc) is 3.61. The van der Waals surface area contributed by atoms with E-state index in [1.807, 2.05) is 0 Å². The Morgan fingerprint density at radius 2 is 1.33 bits per heavy atom. The minimum absolute atomic E-state index is 0.736. The quantitative estimate of drug-likeness (QED) is 0.199. The van der Waals surface area contributed by atoms with E-state index in [0.717, 1.165) is 45.2 Å². The van der Waals surface area contributed by atoms with Crippen LogP contribution in [-0.4, -0.2) is 14.2 Å². The van der Waals surface area contributed by atoms with Gasteiger partial charge < -0.3 is 4.74 Å². The third-order valence-electron chi connectivity index (χ3n) is 9.23. The fourth-order valence-electron chi connectivity index (χ4n) is 7.94. The molecule has 3 aliphatic rings. The van der Waals surface area contributed by atoms with Crippen molar-refractivity contribution in [2.24, 2.45) is 0 Å². The molecular weight excluding hydrogens is 482 g/mol. The topological polar surface area (TPSA) is 39.2 Å². The van der Waals surface area contributed by atoms with Crippen LogP contribution in [0.1, 0.15) is 16.8 Å². The Morgan fingerprint density at radius 3 is 2.18 bits per heavy atom. The lowest BCUT2D eigenvalue weighted by Crippen LogP contribution is -2.77. The molecule has 180 valence electrons. The van der Waals surface area contributed by atoms with Crippen molar-refractivity contribution < 1.29 is 14.1 Å². The molecule has 6 heteroatoms. The molecule has 3 aliphatic heterocycles. The SMILES string of the molecule is Cc1n[n+]2n3c1c1ccccc1c1ccc4c(c13)C21c2c(ccc3c5ccccc5n(c23)-c2cccc[n+]21)O4. The van der Waals surface area contributed by atoms with Crippen molar-refractivity contribution >= 4 is 49.0 Å². The van der Waals surface area contributed by atoms with Crippen LogP contribution in [0.5, 0.6) is 11.5 Å². The standard InChI is InChI=1S/C33H19N5O/c1-18-30-21-10-3-2-8-19(21)22-13-15-26-29-32(22)37(30)38(34-18)33(29)28-25(39-26)16-14-23-20-9-4-5-11-24(20)36(31(23)28)27-12-6-7-17-35(27)33/h2-17H,1H3/q+2. The summed E-state index contributed by atoms with van der Waals surface area (Å²) in [6, 6.07) is 32.6. The van der Waals surface area contributed by atoms with Crippen molar-refractivity contribution in [2.75, 3.05) is 0 Å². The predicted molar refractivity (Wildman–Crippen MR) is 148 cm³/mol. The van der Waals surface area contributed by atoms with Crippen molar-refractivity contribution in [3.63, 3.8) is 0 Å². The van der Waals surface area contributed by atoms with Gasteiger partial charge in [-0.1, -0.05) is 47.0 Å². The first-order chi connectivity index (χ1) is 19.3. The Bertz CT molecular complexity index is 2500. The maximum Gasteiger partial charge on any atom is 0.423 e. The van der Waals surface area contributed by atoms with Crippen molar-refractivity contribution in [1.82, 2.24) is 14.2 Å². The Hall–Kier alpha value is -5.23. The molecule has 4 aromatic heterocycles. The van der Waals surface area contributed by atoms with Crippen LogP contribution >= 0.6 is 0 Å². The van der Waals surface area contributed by atoms with E-state index in [9.17, 15) is 0 Å². The van der Waals surface area contributed by atoms with Gasteiger partial charge in [0.1, 0.15) is 33.7 Å². The first kappa shape index (κ1) is 18.9. The second-order valence-electron chi connectivity index (χ2n) is 10.9. The van der Waals surface area contributed by atoms with Gasteiger partial charge in [0.2, 0.25) is 0 Å². The number of ether oxygens (including phenoxy) is 1. The molecule has 39 heavy (non-hydrogen) atoms. The fourth-order valence-corrected chi connectivity index (χ4v) is 7.94. The maximum absolute atomic E-state index is 6.80. The fraction of sp³-hybridized carbons (Fsp3) is 0.0606. The number of pyridine rings is 2. The Morgan fingerprint density at radius 1 is 0.667 bits per heavy atom. The minimum Gasteiger partial charge on any atom is -0.456 e. The van der Waals surface area contributed by atoms with Crippen LogP contribution in [0.2, 0.25) is 0 Å². The summed E-state index contributed by atoms with van der Waals surface area (Å²) in [4.78, 5) is 2.23. The third kappa shape index (κ3) is 1.73. The van der Waals surface area contributed by atoms with Crippen molar-refractivity contribution in [3.05, 3.63) is 114 Å². The molecule has 0 saturated carbocycles. The van der Waals surface area contributed by atoms with Gasteiger partial charge in [-0.3, -0.25) is 0 Å². The molecule has 8 aromatic rings. The van der Waals surface area contributed by atoms with Gasteiger partial charge in [-0.2, -0.15) is 9.13 Å². The molecule has 6 nitrogen and oxygen atoms in total. The Balaban J connectivity index is 1.51.